The van der Waals surface area contributed by atoms with Gasteiger partial charge in [0.05, 0.1) is 12.4 Å². The molecule has 118 valence electrons. The summed E-state index contributed by atoms with van der Waals surface area (Å²) in [5.41, 5.74) is 1.49. The summed E-state index contributed by atoms with van der Waals surface area (Å²) in [6.07, 6.45) is 1.64. The van der Waals surface area contributed by atoms with Gasteiger partial charge in [0, 0.05) is 17.5 Å². The van der Waals surface area contributed by atoms with Crippen molar-refractivity contribution in [3.63, 3.8) is 0 Å². The lowest BCUT2D eigenvalue weighted by Gasteiger charge is -2.33. The van der Waals surface area contributed by atoms with Crippen molar-refractivity contribution in [3.05, 3.63) is 59.5 Å². The normalized spacial score (nSPS) is 15.1. The molecule has 0 aliphatic heterocycles. The summed E-state index contributed by atoms with van der Waals surface area (Å²) in [7, 11) is 0. The van der Waals surface area contributed by atoms with Crippen LogP contribution in [0, 0.1) is 12.3 Å². The third-order valence-corrected chi connectivity index (χ3v) is 4.18. The Morgan fingerprint density at radius 3 is 2.55 bits per heavy atom. The summed E-state index contributed by atoms with van der Waals surface area (Å²) in [6, 6.07) is 11.7. The zero-order valence-corrected chi connectivity index (χ0v) is 13.3. The van der Waals surface area contributed by atoms with Crippen molar-refractivity contribution < 1.29 is 14.3 Å². The first-order valence-electron chi connectivity index (χ1n) is 7.47. The minimum absolute atomic E-state index is 0.248. The number of carbonyl (C=O) groups excluding carboxylic acids is 1. The smallest absolute Gasteiger partial charge is 0.287 e. The van der Waals surface area contributed by atoms with Gasteiger partial charge < -0.3 is 14.8 Å². The van der Waals surface area contributed by atoms with Crippen molar-refractivity contribution in [1.29, 1.82) is 0 Å². The van der Waals surface area contributed by atoms with Gasteiger partial charge in [-0.2, -0.15) is 0 Å². The highest BCUT2D eigenvalue weighted by molar-refractivity contribution is 5.92. The number of aryl methyl sites for hydroxylation is 1. The SMILES string of the molecule is Cc1ccoc1C(=O)NC[C@](C)(Cc1ccccc1)[C@@H](C)O. The lowest BCUT2D eigenvalue weighted by molar-refractivity contribution is 0.0495. The third-order valence-electron chi connectivity index (χ3n) is 4.18. The number of aliphatic hydroxyl groups excluding tert-OH is 1. The molecule has 0 saturated carbocycles. The average Bonchev–Trinajstić information content (AvgIpc) is 2.92. The Hall–Kier alpha value is -2.07. The van der Waals surface area contributed by atoms with Gasteiger partial charge in [0.1, 0.15) is 0 Å². The van der Waals surface area contributed by atoms with E-state index in [1.54, 1.807) is 13.0 Å². The number of carbonyl (C=O) groups is 1. The Bertz CT molecular complexity index is 618. The molecular formula is C18H23NO3. The molecule has 2 atom stereocenters. The van der Waals surface area contributed by atoms with Crippen LogP contribution in [0.5, 0.6) is 0 Å². The summed E-state index contributed by atoms with van der Waals surface area (Å²) < 4.78 is 5.20. The van der Waals surface area contributed by atoms with Gasteiger partial charge in [0.15, 0.2) is 5.76 Å². The Kier molecular flexibility index (Phi) is 5.03. The standard InChI is InChI=1S/C18H23NO3/c1-13-9-10-22-16(13)17(21)19-12-18(3,14(2)20)11-15-7-5-4-6-8-15/h4-10,14,20H,11-12H2,1-3H3,(H,19,21)/t14-,18+/m1/s1. The second-order valence-electron chi connectivity index (χ2n) is 6.11. The minimum Gasteiger partial charge on any atom is -0.459 e. The molecule has 0 fully saturated rings. The van der Waals surface area contributed by atoms with Crippen molar-refractivity contribution >= 4 is 5.91 Å². The maximum Gasteiger partial charge on any atom is 0.287 e. The van der Waals surface area contributed by atoms with Gasteiger partial charge in [-0.15, -0.1) is 0 Å². The molecule has 2 aromatic rings. The van der Waals surface area contributed by atoms with Crippen LogP contribution in [0.4, 0.5) is 0 Å². The number of amides is 1. The molecule has 1 aromatic heterocycles. The van der Waals surface area contributed by atoms with Gasteiger partial charge in [-0.3, -0.25) is 4.79 Å². The molecule has 4 heteroatoms. The van der Waals surface area contributed by atoms with Crippen LogP contribution in [-0.2, 0) is 6.42 Å². The summed E-state index contributed by atoms with van der Waals surface area (Å²) in [4.78, 5) is 12.2. The molecule has 4 nitrogen and oxygen atoms in total. The Morgan fingerprint density at radius 1 is 1.32 bits per heavy atom. The minimum atomic E-state index is -0.550. The first-order valence-corrected chi connectivity index (χ1v) is 7.47. The lowest BCUT2D eigenvalue weighted by atomic mass is 9.79. The maximum atomic E-state index is 12.2. The van der Waals surface area contributed by atoms with Crippen LogP contribution in [0.15, 0.2) is 47.1 Å². The number of furan rings is 1. The second-order valence-corrected chi connectivity index (χ2v) is 6.11. The fourth-order valence-electron chi connectivity index (χ4n) is 2.39. The van der Waals surface area contributed by atoms with Gasteiger partial charge in [0.25, 0.3) is 5.91 Å². The van der Waals surface area contributed by atoms with Gasteiger partial charge in [0.2, 0.25) is 0 Å². The largest absolute Gasteiger partial charge is 0.459 e. The van der Waals surface area contributed by atoms with Crippen LogP contribution in [0.3, 0.4) is 0 Å². The van der Waals surface area contributed by atoms with Gasteiger partial charge in [-0.1, -0.05) is 37.3 Å². The number of aliphatic hydroxyl groups is 1. The maximum absolute atomic E-state index is 12.2. The van der Waals surface area contributed by atoms with Gasteiger partial charge in [-0.25, -0.2) is 0 Å². The Balaban J connectivity index is 2.05. The van der Waals surface area contributed by atoms with Crippen molar-refractivity contribution in [2.75, 3.05) is 6.54 Å². The number of rotatable bonds is 6. The first kappa shape index (κ1) is 16.3. The van der Waals surface area contributed by atoms with E-state index in [9.17, 15) is 9.90 Å². The van der Waals surface area contributed by atoms with E-state index in [0.717, 1.165) is 11.1 Å². The first-order chi connectivity index (χ1) is 10.4. The third kappa shape index (κ3) is 3.77. The zero-order chi connectivity index (χ0) is 16.2. The zero-order valence-electron chi connectivity index (χ0n) is 13.3. The monoisotopic (exact) mass is 301 g/mol. The molecule has 2 rings (SSSR count). The molecule has 0 unspecified atom stereocenters. The van der Waals surface area contributed by atoms with E-state index in [2.05, 4.69) is 5.32 Å². The van der Waals surface area contributed by atoms with Crippen LogP contribution < -0.4 is 5.32 Å². The Morgan fingerprint density at radius 2 is 2.00 bits per heavy atom. The highest BCUT2D eigenvalue weighted by Crippen LogP contribution is 2.26. The van der Waals surface area contributed by atoms with E-state index in [0.29, 0.717) is 18.7 Å². The van der Waals surface area contributed by atoms with E-state index in [4.69, 9.17) is 4.42 Å². The fraction of sp³-hybridized carbons (Fsp3) is 0.389. The molecule has 0 aliphatic rings. The number of hydrogen-bond donors (Lipinski definition) is 2. The van der Waals surface area contributed by atoms with Crippen molar-refractivity contribution in [3.8, 4) is 0 Å². The predicted molar refractivity (Wildman–Crippen MR) is 85.7 cm³/mol. The van der Waals surface area contributed by atoms with E-state index in [1.807, 2.05) is 44.2 Å². The Labute approximate surface area is 131 Å². The molecule has 0 saturated heterocycles. The molecule has 22 heavy (non-hydrogen) atoms. The second kappa shape index (κ2) is 6.79. The molecular weight excluding hydrogens is 278 g/mol. The predicted octanol–water partition coefficient (Wildman–Crippen LogP) is 2.95. The van der Waals surface area contributed by atoms with Gasteiger partial charge >= 0.3 is 0 Å². The summed E-state index contributed by atoms with van der Waals surface area (Å²) >= 11 is 0. The van der Waals surface area contributed by atoms with Crippen LogP contribution in [0.1, 0.15) is 35.5 Å². The van der Waals surface area contributed by atoms with Gasteiger partial charge in [-0.05, 0) is 31.9 Å². The van der Waals surface area contributed by atoms with E-state index in [1.165, 1.54) is 6.26 Å². The van der Waals surface area contributed by atoms with E-state index < -0.39 is 11.5 Å². The van der Waals surface area contributed by atoms with Crippen LogP contribution >= 0.6 is 0 Å². The summed E-state index contributed by atoms with van der Waals surface area (Å²) in [5, 5.41) is 13.0. The molecule has 1 aromatic carbocycles. The lowest BCUT2D eigenvalue weighted by Crippen LogP contribution is -2.43. The highest BCUT2D eigenvalue weighted by Gasteiger charge is 2.31. The van der Waals surface area contributed by atoms with Crippen molar-refractivity contribution in [2.45, 2.75) is 33.3 Å². The molecule has 0 radical (unpaired) electrons. The number of nitrogens with one attached hydrogen (secondary N) is 1. The fourth-order valence-corrected chi connectivity index (χ4v) is 2.39. The molecule has 0 bridgehead atoms. The quantitative estimate of drug-likeness (QED) is 0.862. The highest BCUT2D eigenvalue weighted by atomic mass is 16.3. The summed E-state index contributed by atoms with van der Waals surface area (Å²) in [6.45, 7) is 5.93. The van der Waals surface area contributed by atoms with Crippen molar-refractivity contribution in [2.24, 2.45) is 5.41 Å². The average molecular weight is 301 g/mol. The van der Waals surface area contributed by atoms with Crippen LogP contribution in [0.25, 0.3) is 0 Å². The molecule has 1 amide bonds. The van der Waals surface area contributed by atoms with Crippen molar-refractivity contribution in [1.82, 2.24) is 5.32 Å². The molecule has 2 N–H and O–H groups in total. The van der Waals surface area contributed by atoms with Crippen LogP contribution in [-0.4, -0.2) is 23.7 Å². The van der Waals surface area contributed by atoms with E-state index in [-0.39, 0.29) is 5.91 Å². The topological polar surface area (TPSA) is 62.5 Å². The van der Waals surface area contributed by atoms with Crippen LogP contribution in [0.2, 0.25) is 0 Å². The number of benzene rings is 1. The molecule has 0 spiro atoms. The number of hydrogen-bond acceptors (Lipinski definition) is 3. The molecule has 1 heterocycles. The molecule has 0 aliphatic carbocycles. The summed E-state index contributed by atoms with van der Waals surface area (Å²) in [5.74, 6) is 0.0788. The van der Waals surface area contributed by atoms with E-state index >= 15 is 0 Å².